The van der Waals surface area contributed by atoms with Gasteiger partial charge in [0.2, 0.25) is 0 Å². The number of hydrogen-bond acceptors (Lipinski definition) is 4. The Kier molecular flexibility index (Phi) is 5.83. The number of ether oxygens (including phenoxy) is 1. The summed E-state index contributed by atoms with van der Waals surface area (Å²) in [6.07, 6.45) is 3.12. The lowest BCUT2D eigenvalue weighted by molar-refractivity contribution is 0.00211. The number of likely N-dealkylation sites (tertiary alicyclic amines) is 1. The second kappa shape index (κ2) is 8.27. The molecule has 1 amide bonds. The normalized spacial score (nSPS) is 17.3. The van der Waals surface area contributed by atoms with Crippen LogP contribution in [0, 0.1) is 0 Å². The molecule has 1 saturated heterocycles. The SMILES string of the molecule is CCCO[C@@H]1CCCN(C(=O)c2ccc(-c3ccc(=O)n(C)n3)cc2)C1. The molecule has 2 aromatic rings. The number of nitrogens with zero attached hydrogens (tertiary/aromatic N) is 3. The van der Waals surface area contributed by atoms with Crippen LogP contribution < -0.4 is 5.56 Å². The summed E-state index contributed by atoms with van der Waals surface area (Å²) < 4.78 is 7.12. The van der Waals surface area contributed by atoms with Crippen LogP contribution in [-0.2, 0) is 11.8 Å². The third-order valence-electron chi connectivity index (χ3n) is 4.61. The van der Waals surface area contributed by atoms with Gasteiger partial charge in [-0.2, -0.15) is 5.10 Å². The summed E-state index contributed by atoms with van der Waals surface area (Å²) in [4.78, 5) is 26.1. The topological polar surface area (TPSA) is 64.4 Å². The highest BCUT2D eigenvalue weighted by Gasteiger charge is 2.24. The summed E-state index contributed by atoms with van der Waals surface area (Å²) in [6.45, 7) is 4.26. The molecule has 1 aliphatic rings. The third-order valence-corrected chi connectivity index (χ3v) is 4.61. The van der Waals surface area contributed by atoms with E-state index in [1.165, 1.54) is 10.7 Å². The highest BCUT2D eigenvalue weighted by molar-refractivity contribution is 5.94. The number of aryl methyl sites for hydroxylation is 1. The van der Waals surface area contributed by atoms with E-state index < -0.39 is 0 Å². The zero-order chi connectivity index (χ0) is 18.5. The fraction of sp³-hybridized carbons (Fsp3) is 0.450. The van der Waals surface area contributed by atoms with Crippen molar-refractivity contribution >= 4 is 5.91 Å². The summed E-state index contributed by atoms with van der Waals surface area (Å²) in [5, 5.41) is 4.24. The van der Waals surface area contributed by atoms with Crippen LogP contribution in [0.15, 0.2) is 41.2 Å². The number of hydrogen-bond donors (Lipinski definition) is 0. The number of carbonyl (C=O) groups is 1. The van der Waals surface area contributed by atoms with Crippen molar-refractivity contribution in [2.75, 3.05) is 19.7 Å². The Balaban J connectivity index is 1.70. The van der Waals surface area contributed by atoms with Gasteiger partial charge in [-0.1, -0.05) is 19.1 Å². The predicted octanol–water partition coefficient (Wildman–Crippen LogP) is 2.48. The van der Waals surface area contributed by atoms with Gasteiger partial charge in [0, 0.05) is 43.9 Å². The fourth-order valence-corrected chi connectivity index (χ4v) is 3.17. The van der Waals surface area contributed by atoms with E-state index in [-0.39, 0.29) is 17.6 Å². The Morgan fingerprint density at radius 2 is 2.00 bits per heavy atom. The first-order chi connectivity index (χ1) is 12.6. The smallest absolute Gasteiger partial charge is 0.266 e. The van der Waals surface area contributed by atoms with Gasteiger partial charge in [0.1, 0.15) is 0 Å². The molecule has 1 atom stereocenters. The van der Waals surface area contributed by atoms with Crippen LogP contribution in [0.5, 0.6) is 0 Å². The lowest BCUT2D eigenvalue weighted by Crippen LogP contribution is -2.43. The maximum absolute atomic E-state index is 12.8. The molecule has 6 nitrogen and oxygen atoms in total. The van der Waals surface area contributed by atoms with Crippen LogP contribution in [0.3, 0.4) is 0 Å². The zero-order valence-electron chi connectivity index (χ0n) is 15.4. The van der Waals surface area contributed by atoms with Crippen molar-refractivity contribution in [3.63, 3.8) is 0 Å². The van der Waals surface area contributed by atoms with E-state index in [4.69, 9.17) is 4.74 Å². The van der Waals surface area contributed by atoms with Crippen molar-refractivity contribution in [3.8, 4) is 11.3 Å². The maximum Gasteiger partial charge on any atom is 0.266 e. The van der Waals surface area contributed by atoms with Gasteiger partial charge >= 0.3 is 0 Å². The van der Waals surface area contributed by atoms with Crippen molar-refractivity contribution in [1.29, 1.82) is 0 Å². The Labute approximate surface area is 153 Å². The molecule has 0 aliphatic carbocycles. The van der Waals surface area contributed by atoms with Crippen molar-refractivity contribution in [2.45, 2.75) is 32.3 Å². The summed E-state index contributed by atoms with van der Waals surface area (Å²) in [6, 6.07) is 10.6. The maximum atomic E-state index is 12.8. The first-order valence-electron chi connectivity index (χ1n) is 9.14. The average molecular weight is 355 g/mol. The second-order valence-electron chi connectivity index (χ2n) is 6.64. The summed E-state index contributed by atoms with van der Waals surface area (Å²) >= 11 is 0. The molecule has 3 rings (SSSR count). The Morgan fingerprint density at radius 3 is 2.69 bits per heavy atom. The molecule has 1 fully saturated rings. The fourth-order valence-electron chi connectivity index (χ4n) is 3.17. The minimum Gasteiger partial charge on any atom is -0.376 e. The zero-order valence-corrected chi connectivity index (χ0v) is 15.4. The monoisotopic (exact) mass is 355 g/mol. The van der Waals surface area contributed by atoms with Gasteiger partial charge in [-0.3, -0.25) is 9.59 Å². The molecule has 0 radical (unpaired) electrons. The van der Waals surface area contributed by atoms with Gasteiger partial charge in [0.25, 0.3) is 11.5 Å². The van der Waals surface area contributed by atoms with E-state index in [0.29, 0.717) is 17.8 Å². The van der Waals surface area contributed by atoms with Gasteiger partial charge in [0.15, 0.2) is 0 Å². The van der Waals surface area contributed by atoms with Crippen LogP contribution in [-0.4, -0.2) is 46.4 Å². The molecule has 1 aliphatic heterocycles. The molecule has 6 heteroatoms. The van der Waals surface area contributed by atoms with E-state index in [0.717, 1.165) is 38.0 Å². The molecule has 2 heterocycles. The van der Waals surface area contributed by atoms with Crippen LogP contribution in [0.25, 0.3) is 11.3 Å². The minimum absolute atomic E-state index is 0.0368. The number of carbonyl (C=O) groups excluding carboxylic acids is 1. The Hall–Kier alpha value is -2.47. The molecule has 0 spiro atoms. The lowest BCUT2D eigenvalue weighted by Gasteiger charge is -2.32. The van der Waals surface area contributed by atoms with Gasteiger partial charge in [-0.15, -0.1) is 0 Å². The minimum atomic E-state index is -0.148. The standard InChI is InChI=1S/C20H25N3O3/c1-3-13-26-17-5-4-12-23(14-17)20(25)16-8-6-15(7-9-16)18-10-11-19(24)22(2)21-18/h6-11,17H,3-5,12-14H2,1-2H3/t17-/m1/s1. The predicted molar refractivity (Wildman–Crippen MR) is 100 cm³/mol. The average Bonchev–Trinajstić information content (AvgIpc) is 2.68. The van der Waals surface area contributed by atoms with Gasteiger partial charge < -0.3 is 9.64 Å². The highest BCUT2D eigenvalue weighted by atomic mass is 16.5. The van der Waals surface area contributed by atoms with Crippen LogP contribution in [0.2, 0.25) is 0 Å². The van der Waals surface area contributed by atoms with Crippen molar-refractivity contribution < 1.29 is 9.53 Å². The number of piperidine rings is 1. The van der Waals surface area contributed by atoms with Crippen LogP contribution >= 0.6 is 0 Å². The summed E-state index contributed by atoms with van der Waals surface area (Å²) in [7, 11) is 1.62. The largest absolute Gasteiger partial charge is 0.376 e. The van der Waals surface area contributed by atoms with Crippen molar-refractivity contribution in [3.05, 3.63) is 52.3 Å². The Morgan fingerprint density at radius 1 is 1.23 bits per heavy atom. The second-order valence-corrected chi connectivity index (χ2v) is 6.64. The van der Waals surface area contributed by atoms with Gasteiger partial charge in [-0.05, 0) is 37.5 Å². The first kappa shape index (κ1) is 18.3. The van der Waals surface area contributed by atoms with E-state index in [1.54, 1.807) is 13.1 Å². The molecular weight excluding hydrogens is 330 g/mol. The molecule has 0 N–H and O–H groups in total. The quantitative estimate of drug-likeness (QED) is 0.826. The van der Waals surface area contributed by atoms with E-state index in [2.05, 4.69) is 12.0 Å². The van der Waals surface area contributed by atoms with Crippen LogP contribution in [0.4, 0.5) is 0 Å². The molecule has 1 aromatic heterocycles. The molecule has 26 heavy (non-hydrogen) atoms. The third kappa shape index (κ3) is 4.19. The van der Waals surface area contributed by atoms with E-state index in [1.807, 2.05) is 29.2 Å². The highest BCUT2D eigenvalue weighted by Crippen LogP contribution is 2.19. The lowest BCUT2D eigenvalue weighted by atomic mass is 10.0. The van der Waals surface area contributed by atoms with E-state index >= 15 is 0 Å². The molecule has 0 saturated carbocycles. The number of amides is 1. The molecule has 138 valence electrons. The molecule has 0 unspecified atom stereocenters. The molecule has 0 bridgehead atoms. The molecule has 1 aromatic carbocycles. The Bertz CT molecular complexity index is 814. The number of aromatic nitrogens is 2. The van der Waals surface area contributed by atoms with Crippen molar-refractivity contribution in [1.82, 2.24) is 14.7 Å². The van der Waals surface area contributed by atoms with Crippen molar-refractivity contribution in [2.24, 2.45) is 7.05 Å². The molecular formula is C20H25N3O3. The van der Waals surface area contributed by atoms with E-state index in [9.17, 15) is 9.59 Å². The van der Waals surface area contributed by atoms with Gasteiger partial charge in [0.05, 0.1) is 11.8 Å². The first-order valence-corrected chi connectivity index (χ1v) is 9.14. The summed E-state index contributed by atoms with van der Waals surface area (Å²) in [5.74, 6) is 0.0368. The van der Waals surface area contributed by atoms with Gasteiger partial charge in [-0.25, -0.2) is 4.68 Å². The number of benzene rings is 1. The van der Waals surface area contributed by atoms with Crippen LogP contribution in [0.1, 0.15) is 36.5 Å². The number of rotatable bonds is 5. The summed E-state index contributed by atoms with van der Waals surface area (Å²) in [5.41, 5.74) is 2.09.